The Bertz CT molecular complexity index is 704. The lowest BCUT2D eigenvalue weighted by atomic mass is 10.0. The molecular weight excluding hydrogens is 346 g/mol. The molecule has 2 aliphatic rings. The fourth-order valence-corrected chi connectivity index (χ4v) is 3.51. The first-order valence-corrected chi connectivity index (χ1v) is 10.4. The Morgan fingerprint density at radius 1 is 1.23 bits per heavy atom. The van der Waals surface area contributed by atoms with E-state index in [9.17, 15) is 9.59 Å². The zero-order valence-electron chi connectivity index (χ0n) is 15.1. The summed E-state index contributed by atoms with van der Waals surface area (Å²) >= 11 is 1.67. The predicted octanol–water partition coefficient (Wildman–Crippen LogP) is 4.41. The number of hydrogen-bond acceptors (Lipinski definition) is 4. The molecule has 1 aromatic carbocycles. The van der Waals surface area contributed by atoms with Gasteiger partial charge in [0.05, 0.1) is 0 Å². The van der Waals surface area contributed by atoms with Crippen LogP contribution in [0.2, 0.25) is 0 Å². The summed E-state index contributed by atoms with van der Waals surface area (Å²) in [5.41, 5.74) is 2.04. The molecule has 0 unspecified atom stereocenters. The first-order valence-electron chi connectivity index (χ1n) is 9.17. The van der Waals surface area contributed by atoms with Crippen LogP contribution in [0.15, 0.2) is 47.0 Å². The van der Waals surface area contributed by atoms with E-state index in [4.69, 9.17) is 4.74 Å². The van der Waals surface area contributed by atoms with Crippen molar-refractivity contribution in [1.82, 2.24) is 4.90 Å². The van der Waals surface area contributed by atoms with Gasteiger partial charge < -0.3 is 9.64 Å². The highest BCUT2D eigenvalue weighted by Crippen LogP contribution is 2.33. The molecule has 0 aromatic heterocycles. The molecule has 0 saturated heterocycles. The van der Waals surface area contributed by atoms with Gasteiger partial charge in [0.2, 0.25) is 0 Å². The number of benzene rings is 1. The molecule has 4 nitrogen and oxygen atoms in total. The fourth-order valence-electron chi connectivity index (χ4n) is 3.10. The second kappa shape index (κ2) is 9.08. The number of allylic oxidation sites excluding steroid dienone is 2. The van der Waals surface area contributed by atoms with Gasteiger partial charge in [-0.2, -0.15) is 0 Å². The molecule has 3 rings (SSSR count). The summed E-state index contributed by atoms with van der Waals surface area (Å²) in [7, 11) is 0. The number of esters is 1. The van der Waals surface area contributed by atoms with Crippen molar-refractivity contribution in [1.29, 1.82) is 0 Å². The minimum absolute atomic E-state index is 0.105. The number of carbonyl (C=O) groups is 2. The van der Waals surface area contributed by atoms with Crippen LogP contribution < -0.4 is 0 Å². The van der Waals surface area contributed by atoms with Crippen molar-refractivity contribution in [3.63, 3.8) is 0 Å². The van der Waals surface area contributed by atoms with E-state index in [0.29, 0.717) is 6.04 Å². The van der Waals surface area contributed by atoms with E-state index >= 15 is 0 Å². The molecule has 0 heterocycles. The van der Waals surface area contributed by atoms with Crippen LogP contribution in [0.25, 0.3) is 6.08 Å². The van der Waals surface area contributed by atoms with Crippen LogP contribution in [0.1, 0.15) is 44.1 Å². The Labute approximate surface area is 159 Å². The number of rotatable bonds is 7. The van der Waals surface area contributed by atoms with Crippen molar-refractivity contribution in [3.05, 3.63) is 47.7 Å². The van der Waals surface area contributed by atoms with Crippen molar-refractivity contribution >= 4 is 29.7 Å². The van der Waals surface area contributed by atoms with E-state index < -0.39 is 5.97 Å². The third-order valence-corrected chi connectivity index (χ3v) is 5.37. The summed E-state index contributed by atoms with van der Waals surface area (Å²) in [6, 6.07) is 8.21. The van der Waals surface area contributed by atoms with E-state index in [1.54, 1.807) is 17.8 Å². The summed E-state index contributed by atoms with van der Waals surface area (Å²) in [5.74, 6) is -0.590. The molecule has 26 heavy (non-hydrogen) atoms. The van der Waals surface area contributed by atoms with Gasteiger partial charge in [0.15, 0.2) is 6.61 Å². The van der Waals surface area contributed by atoms with Crippen LogP contribution in [0.5, 0.6) is 0 Å². The van der Waals surface area contributed by atoms with E-state index in [1.807, 2.05) is 35.4 Å². The highest BCUT2D eigenvalue weighted by atomic mass is 32.2. The van der Waals surface area contributed by atoms with Crippen LogP contribution in [0.3, 0.4) is 0 Å². The lowest BCUT2D eigenvalue weighted by molar-refractivity contribution is -0.147. The predicted molar refractivity (Wildman–Crippen MR) is 105 cm³/mol. The molecule has 0 spiro atoms. The molecule has 1 saturated carbocycles. The lowest BCUT2D eigenvalue weighted by Gasteiger charge is -2.27. The van der Waals surface area contributed by atoms with Crippen LogP contribution in [0, 0.1) is 0 Å². The zero-order valence-corrected chi connectivity index (χ0v) is 16.0. The molecule has 0 atom stereocenters. The Morgan fingerprint density at radius 3 is 2.62 bits per heavy atom. The molecule has 1 fully saturated rings. The maximum atomic E-state index is 12.6. The van der Waals surface area contributed by atoms with Crippen molar-refractivity contribution in [2.24, 2.45) is 0 Å². The smallest absolute Gasteiger partial charge is 0.331 e. The summed E-state index contributed by atoms with van der Waals surface area (Å²) < 4.78 is 5.17. The lowest BCUT2D eigenvalue weighted by Crippen LogP contribution is -2.36. The zero-order chi connectivity index (χ0) is 18.4. The maximum absolute atomic E-state index is 12.6. The Kier molecular flexibility index (Phi) is 6.56. The molecule has 0 bridgehead atoms. The molecule has 1 amide bonds. The minimum Gasteiger partial charge on any atom is -0.452 e. The van der Waals surface area contributed by atoms with Crippen molar-refractivity contribution in [3.8, 4) is 0 Å². The molecule has 1 aromatic rings. The summed E-state index contributed by atoms with van der Waals surface area (Å²) in [6.45, 7) is -0.192. The van der Waals surface area contributed by atoms with Gasteiger partial charge in [-0.3, -0.25) is 4.79 Å². The third kappa shape index (κ3) is 5.24. The molecule has 5 heteroatoms. The number of thioether (sulfide) groups is 1. The molecule has 0 radical (unpaired) electrons. The highest BCUT2D eigenvalue weighted by Gasteiger charge is 2.35. The van der Waals surface area contributed by atoms with E-state index in [0.717, 1.165) is 43.4 Å². The van der Waals surface area contributed by atoms with E-state index in [-0.39, 0.29) is 12.5 Å². The van der Waals surface area contributed by atoms with Crippen LogP contribution in [-0.4, -0.2) is 35.7 Å². The largest absolute Gasteiger partial charge is 0.452 e. The normalized spacial score (nSPS) is 17.0. The first-order chi connectivity index (χ1) is 12.7. The molecule has 138 valence electrons. The van der Waals surface area contributed by atoms with Crippen LogP contribution in [-0.2, 0) is 14.3 Å². The van der Waals surface area contributed by atoms with Crippen LogP contribution >= 0.6 is 11.8 Å². The van der Waals surface area contributed by atoms with Crippen LogP contribution in [0.4, 0.5) is 0 Å². The van der Waals surface area contributed by atoms with Gasteiger partial charge in [0.25, 0.3) is 5.91 Å². The van der Waals surface area contributed by atoms with E-state index in [1.165, 1.54) is 17.4 Å². The SMILES string of the molecule is CSc1ccc(/C=C/C(=O)OCC(=O)N(C2=CCCCC2)C2CC2)cc1. The van der Waals surface area contributed by atoms with Crippen molar-refractivity contribution < 1.29 is 14.3 Å². The number of ether oxygens (including phenoxy) is 1. The van der Waals surface area contributed by atoms with Gasteiger partial charge in [-0.25, -0.2) is 4.79 Å². The number of carbonyl (C=O) groups excluding carboxylic acids is 2. The summed E-state index contributed by atoms with van der Waals surface area (Å²) in [6.07, 6.45) is 13.7. The van der Waals surface area contributed by atoms with Gasteiger partial charge in [0, 0.05) is 22.7 Å². The average molecular weight is 372 g/mol. The van der Waals surface area contributed by atoms with Gasteiger partial charge in [-0.15, -0.1) is 11.8 Å². The Morgan fingerprint density at radius 2 is 2.00 bits per heavy atom. The quantitative estimate of drug-likeness (QED) is 0.404. The second-order valence-electron chi connectivity index (χ2n) is 6.65. The fraction of sp³-hybridized carbons (Fsp3) is 0.429. The third-order valence-electron chi connectivity index (χ3n) is 4.62. The molecular formula is C21H25NO3S. The highest BCUT2D eigenvalue weighted by molar-refractivity contribution is 7.98. The van der Waals surface area contributed by atoms with Gasteiger partial charge >= 0.3 is 5.97 Å². The van der Waals surface area contributed by atoms with Gasteiger partial charge in [0.1, 0.15) is 0 Å². The maximum Gasteiger partial charge on any atom is 0.331 e. The summed E-state index contributed by atoms with van der Waals surface area (Å²) in [5, 5.41) is 0. The minimum atomic E-state index is -0.485. The van der Waals surface area contributed by atoms with Gasteiger partial charge in [-0.05, 0) is 68.6 Å². The number of amides is 1. The average Bonchev–Trinajstić information content (AvgIpc) is 3.51. The molecule has 2 aliphatic carbocycles. The first kappa shape index (κ1) is 18.8. The number of hydrogen-bond donors (Lipinski definition) is 0. The molecule has 0 N–H and O–H groups in total. The van der Waals surface area contributed by atoms with Crippen molar-refractivity contribution in [2.75, 3.05) is 12.9 Å². The summed E-state index contributed by atoms with van der Waals surface area (Å²) in [4.78, 5) is 27.5. The topological polar surface area (TPSA) is 46.6 Å². The van der Waals surface area contributed by atoms with E-state index in [2.05, 4.69) is 6.08 Å². The number of nitrogens with zero attached hydrogens (tertiary/aromatic N) is 1. The monoisotopic (exact) mass is 371 g/mol. The second-order valence-corrected chi connectivity index (χ2v) is 7.53. The van der Waals surface area contributed by atoms with Crippen molar-refractivity contribution in [2.45, 2.75) is 49.5 Å². The molecule has 0 aliphatic heterocycles. The van der Waals surface area contributed by atoms with Gasteiger partial charge in [-0.1, -0.05) is 18.2 Å². The standard InChI is InChI=1S/C21H25NO3S/c1-26-19-12-7-16(8-13-19)9-14-21(24)25-15-20(23)22(18-10-11-18)17-5-3-2-4-6-17/h5,7-9,12-14,18H,2-4,6,10-11,15H2,1H3/b14-9+. The Hall–Kier alpha value is -2.01. The Balaban J connectivity index is 1.51.